The molecule has 0 spiro atoms. The number of alkyl halides is 3. The number of nitrogens with zero attached hydrogens (tertiary/aromatic N) is 1. The van der Waals surface area contributed by atoms with Crippen molar-refractivity contribution in [3.8, 4) is 5.69 Å². The molecule has 1 aromatic carbocycles. The lowest BCUT2D eigenvalue weighted by Crippen LogP contribution is -2.14. The summed E-state index contributed by atoms with van der Waals surface area (Å²) < 4.78 is 51.0. The van der Waals surface area contributed by atoms with Crippen molar-refractivity contribution < 1.29 is 31.9 Å². The van der Waals surface area contributed by atoms with Gasteiger partial charge in [0.05, 0.1) is 5.56 Å². The second kappa shape index (κ2) is 7.90. The topological polar surface area (TPSA) is 61.4 Å². The molecule has 0 aliphatic rings. The van der Waals surface area contributed by atoms with Gasteiger partial charge in [-0.25, -0.2) is 4.79 Å². The quantitative estimate of drug-likeness (QED) is 0.365. The van der Waals surface area contributed by atoms with Crippen molar-refractivity contribution in [3.05, 3.63) is 75.4 Å². The molecule has 0 saturated carbocycles. The molecule has 0 atom stereocenters. The van der Waals surface area contributed by atoms with E-state index in [4.69, 9.17) is 9.15 Å². The van der Waals surface area contributed by atoms with Gasteiger partial charge in [0.2, 0.25) is 11.5 Å². The number of aryl methyl sites for hydroxylation is 1. The van der Waals surface area contributed by atoms with E-state index in [1.54, 1.807) is 24.5 Å². The molecule has 5 nitrogen and oxygen atoms in total. The second-order valence-electron chi connectivity index (χ2n) is 6.27. The van der Waals surface area contributed by atoms with Crippen molar-refractivity contribution in [2.75, 3.05) is 6.61 Å². The summed E-state index contributed by atoms with van der Waals surface area (Å²) in [4.78, 5) is 24.4. The zero-order valence-corrected chi connectivity index (χ0v) is 16.9. The number of Topliss-reactive ketones (excluding diaryl/α,β-unsaturated/α-hetero) is 1. The fourth-order valence-corrected chi connectivity index (χ4v) is 3.27. The Morgan fingerprint density at radius 1 is 1.14 bits per heavy atom. The van der Waals surface area contributed by atoms with E-state index >= 15 is 0 Å². The smallest absolute Gasteiger partial charge is 0.416 e. The molecular weight excluding hydrogens is 455 g/mol. The molecule has 0 aliphatic carbocycles. The van der Waals surface area contributed by atoms with Gasteiger partial charge in [0, 0.05) is 22.6 Å². The number of aromatic nitrogens is 1. The van der Waals surface area contributed by atoms with Gasteiger partial charge < -0.3 is 13.7 Å². The first-order valence-corrected chi connectivity index (χ1v) is 9.19. The highest BCUT2D eigenvalue weighted by molar-refractivity contribution is 9.10. The van der Waals surface area contributed by atoms with Crippen LogP contribution < -0.4 is 0 Å². The Kier molecular flexibility index (Phi) is 5.70. The fraction of sp³-hybridized carbons (Fsp3) is 0.200. The monoisotopic (exact) mass is 469 g/mol. The molecule has 0 unspecified atom stereocenters. The molecular formula is C20H15BrF3NO4. The Labute approximate surface area is 172 Å². The molecule has 0 fully saturated rings. The van der Waals surface area contributed by atoms with Crippen molar-refractivity contribution in [2.24, 2.45) is 0 Å². The number of hydrogen-bond acceptors (Lipinski definition) is 4. The van der Waals surface area contributed by atoms with Gasteiger partial charge in [0.15, 0.2) is 11.3 Å². The first-order chi connectivity index (χ1) is 13.6. The summed E-state index contributed by atoms with van der Waals surface area (Å²) in [5, 5.41) is 0. The molecule has 0 bridgehead atoms. The minimum Gasteiger partial charge on any atom is -0.451 e. The minimum absolute atomic E-state index is 0.0564. The number of ketones is 1. The van der Waals surface area contributed by atoms with Crippen LogP contribution >= 0.6 is 15.9 Å². The average molecular weight is 470 g/mol. The van der Waals surface area contributed by atoms with E-state index in [1.165, 1.54) is 24.3 Å². The van der Waals surface area contributed by atoms with Crippen LogP contribution in [0, 0.1) is 13.8 Å². The van der Waals surface area contributed by atoms with E-state index in [-0.39, 0.29) is 17.0 Å². The molecule has 3 rings (SSSR count). The van der Waals surface area contributed by atoms with E-state index in [1.807, 2.05) is 0 Å². The van der Waals surface area contributed by atoms with Crippen molar-refractivity contribution in [2.45, 2.75) is 20.0 Å². The van der Waals surface area contributed by atoms with Crippen LogP contribution in [0.5, 0.6) is 0 Å². The maximum atomic E-state index is 13.0. The van der Waals surface area contributed by atoms with Crippen molar-refractivity contribution in [1.82, 2.24) is 4.57 Å². The summed E-state index contributed by atoms with van der Waals surface area (Å²) in [7, 11) is 0. The van der Waals surface area contributed by atoms with Crippen LogP contribution in [0.2, 0.25) is 0 Å². The summed E-state index contributed by atoms with van der Waals surface area (Å²) in [5.41, 5.74) is 0.781. The second-order valence-corrected chi connectivity index (χ2v) is 7.05. The third-order valence-electron chi connectivity index (χ3n) is 4.27. The van der Waals surface area contributed by atoms with Gasteiger partial charge >= 0.3 is 12.1 Å². The summed E-state index contributed by atoms with van der Waals surface area (Å²) >= 11 is 3.06. The van der Waals surface area contributed by atoms with Gasteiger partial charge in [0.1, 0.15) is 0 Å². The zero-order valence-electron chi connectivity index (χ0n) is 15.3. The van der Waals surface area contributed by atoms with Crippen LogP contribution in [0.1, 0.15) is 37.9 Å². The lowest BCUT2D eigenvalue weighted by atomic mass is 10.1. The van der Waals surface area contributed by atoms with Crippen LogP contribution in [0.3, 0.4) is 0 Å². The van der Waals surface area contributed by atoms with Gasteiger partial charge in [-0.2, -0.15) is 13.2 Å². The number of halogens is 4. The Hall–Kier alpha value is -2.81. The predicted molar refractivity (Wildman–Crippen MR) is 101 cm³/mol. The molecule has 0 aliphatic heterocycles. The number of carbonyl (C=O) groups is 2. The molecule has 152 valence electrons. The highest BCUT2D eigenvalue weighted by Gasteiger charge is 2.31. The van der Waals surface area contributed by atoms with Crippen LogP contribution in [0.15, 0.2) is 51.6 Å². The van der Waals surface area contributed by atoms with Gasteiger partial charge in [-0.05, 0) is 66.2 Å². The van der Waals surface area contributed by atoms with E-state index in [9.17, 15) is 22.8 Å². The highest BCUT2D eigenvalue weighted by Crippen LogP contribution is 2.31. The third kappa shape index (κ3) is 4.45. The third-order valence-corrected chi connectivity index (χ3v) is 4.70. The zero-order chi connectivity index (χ0) is 21.3. The standard InChI is InChI=1S/C20H15BrF3NO4/c1-11-8-15(16(26)10-28-19(27)17-6-7-18(21)29-17)12(2)25(11)14-5-3-4-13(9-14)20(22,23)24/h3-9H,10H2,1-2H3. The summed E-state index contributed by atoms with van der Waals surface area (Å²) in [6, 6.07) is 9.30. The highest BCUT2D eigenvalue weighted by atomic mass is 79.9. The van der Waals surface area contributed by atoms with Gasteiger partial charge in [-0.15, -0.1) is 0 Å². The molecule has 9 heteroatoms. The lowest BCUT2D eigenvalue weighted by Gasteiger charge is -2.13. The summed E-state index contributed by atoms with van der Waals surface area (Å²) in [5.74, 6) is -1.33. The van der Waals surface area contributed by atoms with Crippen molar-refractivity contribution >= 4 is 27.7 Å². The van der Waals surface area contributed by atoms with Crippen LogP contribution in [0.4, 0.5) is 13.2 Å². The Balaban J connectivity index is 1.82. The number of ether oxygens (including phenoxy) is 1. The van der Waals surface area contributed by atoms with E-state index in [0.29, 0.717) is 16.1 Å². The minimum atomic E-state index is -4.47. The number of carbonyl (C=O) groups excluding carboxylic acids is 2. The summed E-state index contributed by atoms with van der Waals surface area (Å²) in [6.07, 6.45) is -4.47. The number of benzene rings is 1. The predicted octanol–water partition coefficient (Wildman–Crippen LogP) is 5.51. The van der Waals surface area contributed by atoms with Crippen LogP contribution in [-0.2, 0) is 10.9 Å². The fourth-order valence-electron chi connectivity index (χ4n) is 2.97. The SMILES string of the molecule is Cc1cc(C(=O)COC(=O)c2ccc(Br)o2)c(C)n1-c1cccc(C(F)(F)F)c1. The number of furan rings is 1. The number of hydrogen-bond donors (Lipinski definition) is 0. The van der Waals surface area contributed by atoms with Gasteiger partial charge in [-0.3, -0.25) is 4.79 Å². The summed E-state index contributed by atoms with van der Waals surface area (Å²) in [6.45, 7) is 2.77. The Morgan fingerprint density at radius 2 is 1.86 bits per heavy atom. The molecule has 0 radical (unpaired) electrons. The molecule has 2 aromatic heterocycles. The lowest BCUT2D eigenvalue weighted by molar-refractivity contribution is -0.137. The number of esters is 1. The maximum Gasteiger partial charge on any atom is 0.416 e. The molecule has 2 heterocycles. The first-order valence-electron chi connectivity index (χ1n) is 8.40. The molecule has 0 saturated heterocycles. The Bertz CT molecular complexity index is 1080. The van der Waals surface area contributed by atoms with Gasteiger partial charge in [0.25, 0.3) is 0 Å². The Morgan fingerprint density at radius 3 is 2.48 bits per heavy atom. The molecule has 0 N–H and O–H groups in total. The normalized spacial score (nSPS) is 11.5. The number of rotatable bonds is 5. The molecule has 29 heavy (non-hydrogen) atoms. The average Bonchev–Trinajstić information content (AvgIpc) is 3.22. The first kappa shape index (κ1) is 20.9. The van der Waals surface area contributed by atoms with Crippen LogP contribution in [-0.4, -0.2) is 22.9 Å². The molecule has 0 amide bonds. The van der Waals surface area contributed by atoms with Gasteiger partial charge in [-0.1, -0.05) is 6.07 Å². The molecule has 3 aromatic rings. The van der Waals surface area contributed by atoms with Crippen molar-refractivity contribution in [1.29, 1.82) is 0 Å². The van der Waals surface area contributed by atoms with Crippen LogP contribution in [0.25, 0.3) is 5.69 Å². The van der Waals surface area contributed by atoms with E-state index in [2.05, 4.69) is 15.9 Å². The van der Waals surface area contributed by atoms with Crippen molar-refractivity contribution in [3.63, 3.8) is 0 Å². The largest absolute Gasteiger partial charge is 0.451 e. The van der Waals surface area contributed by atoms with E-state index in [0.717, 1.165) is 12.1 Å². The maximum absolute atomic E-state index is 13.0. The van der Waals surface area contributed by atoms with E-state index < -0.39 is 30.1 Å².